The number of hydrazine groups is 1. The van der Waals surface area contributed by atoms with E-state index in [2.05, 4.69) is 0 Å². The van der Waals surface area contributed by atoms with Gasteiger partial charge in [0.1, 0.15) is 4.90 Å². The van der Waals surface area contributed by atoms with Gasteiger partial charge < -0.3 is 0 Å². The summed E-state index contributed by atoms with van der Waals surface area (Å²) in [5.74, 6) is 5.41. The molecule has 2 N–H and O–H groups in total. The summed E-state index contributed by atoms with van der Waals surface area (Å²) in [6.07, 6.45) is 1.48. The van der Waals surface area contributed by atoms with Gasteiger partial charge in [-0.2, -0.15) is 8.42 Å². The Balaban J connectivity index is 1.92. The maximum atomic E-state index is 12.9. The van der Waals surface area contributed by atoms with E-state index in [4.69, 9.17) is 10.0 Å². The Morgan fingerprint density at radius 3 is 2.22 bits per heavy atom. The van der Waals surface area contributed by atoms with E-state index in [1.807, 2.05) is 6.92 Å². The minimum atomic E-state index is -4.16. The van der Waals surface area contributed by atoms with Gasteiger partial charge in [-0.15, -0.1) is 0 Å². The van der Waals surface area contributed by atoms with Gasteiger partial charge in [0.25, 0.3) is 5.91 Å². The molecular weight excluding hydrogens is 366 g/mol. The Kier molecular flexibility index (Phi) is 5.05. The van der Waals surface area contributed by atoms with E-state index in [0.29, 0.717) is 16.7 Å². The van der Waals surface area contributed by atoms with Crippen molar-refractivity contribution in [1.29, 1.82) is 0 Å². The third-order valence-corrected chi connectivity index (χ3v) is 5.78. The Morgan fingerprint density at radius 2 is 1.63 bits per heavy atom. The van der Waals surface area contributed by atoms with Crippen molar-refractivity contribution in [1.82, 2.24) is 9.91 Å². The number of rotatable bonds is 4. The van der Waals surface area contributed by atoms with Crippen LogP contribution < -0.4 is 5.84 Å². The van der Waals surface area contributed by atoms with Gasteiger partial charge in [-0.1, -0.05) is 35.9 Å². The summed E-state index contributed by atoms with van der Waals surface area (Å²) in [6, 6.07) is 12.0. The van der Waals surface area contributed by atoms with Gasteiger partial charge >= 0.3 is 10.1 Å². The van der Waals surface area contributed by atoms with E-state index in [1.54, 1.807) is 56.3 Å². The number of aryl methyl sites for hydroxylation is 3. The van der Waals surface area contributed by atoms with Crippen LogP contribution >= 0.6 is 0 Å². The minimum absolute atomic E-state index is 0.0838. The van der Waals surface area contributed by atoms with Crippen molar-refractivity contribution >= 4 is 16.0 Å². The van der Waals surface area contributed by atoms with Crippen LogP contribution in [0.1, 0.15) is 27.0 Å². The fourth-order valence-corrected chi connectivity index (χ4v) is 4.58. The van der Waals surface area contributed by atoms with Crippen molar-refractivity contribution in [2.24, 2.45) is 5.84 Å². The molecule has 7 nitrogen and oxygen atoms in total. The van der Waals surface area contributed by atoms with Gasteiger partial charge in [0.2, 0.25) is 6.35 Å². The molecule has 0 saturated carbocycles. The number of carbonyl (C=O) groups excluding carboxylic acids is 1. The molecular formula is C19H21N3O4S. The number of hydrogen-bond donors (Lipinski definition) is 1. The average Bonchev–Trinajstić information content (AvgIpc) is 2.94. The van der Waals surface area contributed by atoms with Crippen LogP contribution in [0.25, 0.3) is 0 Å². The highest BCUT2D eigenvalue weighted by Crippen LogP contribution is 2.27. The molecule has 142 valence electrons. The first-order chi connectivity index (χ1) is 12.7. The molecule has 0 fully saturated rings. The Hall–Kier alpha value is -2.68. The van der Waals surface area contributed by atoms with E-state index in [0.717, 1.165) is 15.5 Å². The van der Waals surface area contributed by atoms with Gasteiger partial charge in [-0.25, -0.2) is 10.0 Å². The number of amides is 1. The van der Waals surface area contributed by atoms with E-state index < -0.39 is 22.4 Å². The van der Waals surface area contributed by atoms with Crippen molar-refractivity contribution in [3.63, 3.8) is 0 Å². The molecule has 1 heterocycles. The highest BCUT2D eigenvalue weighted by Gasteiger charge is 2.36. The van der Waals surface area contributed by atoms with Crippen LogP contribution in [0.15, 0.2) is 59.8 Å². The van der Waals surface area contributed by atoms with Crippen LogP contribution in [0.3, 0.4) is 0 Å². The molecule has 2 aromatic rings. The first kappa shape index (κ1) is 19.1. The molecule has 0 spiro atoms. The number of nitrogens with two attached hydrogens (primary N) is 1. The van der Waals surface area contributed by atoms with Crippen molar-refractivity contribution in [2.75, 3.05) is 0 Å². The number of benzene rings is 2. The predicted molar refractivity (Wildman–Crippen MR) is 100 cm³/mol. The van der Waals surface area contributed by atoms with Crippen molar-refractivity contribution in [3.8, 4) is 0 Å². The lowest BCUT2D eigenvalue weighted by atomic mass is 10.1. The van der Waals surface area contributed by atoms with Gasteiger partial charge in [0.15, 0.2) is 0 Å². The Labute approximate surface area is 158 Å². The van der Waals surface area contributed by atoms with Gasteiger partial charge in [-0.05, 0) is 44.0 Å². The second-order valence-corrected chi connectivity index (χ2v) is 7.94. The molecule has 1 aliphatic heterocycles. The monoisotopic (exact) mass is 387 g/mol. The van der Waals surface area contributed by atoms with Crippen LogP contribution in [-0.2, 0) is 14.3 Å². The molecule has 1 atom stereocenters. The lowest BCUT2D eigenvalue weighted by molar-refractivity contribution is -0.0130. The summed E-state index contributed by atoms with van der Waals surface area (Å²) in [6.45, 7) is 5.30. The topological polar surface area (TPSA) is 92.9 Å². The second kappa shape index (κ2) is 7.15. The summed E-state index contributed by atoms with van der Waals surface area (Å²) in [5.41, 5.74) is 2.49. The molecule has 1 unspecified atom stereocenters. The van der Waals surface area contributed by atoms with Crippen LogP contribution in [0, 0.1) is 20.8 Å². The fraction of sp³-hybridized carbons (Fsp3) is 0.211. The average molecular weight is 387 g/mol. The number of nitrogens with zero attached hydrogens (tertiary/aromatic N) is 2. The minimum Gasteiger partial charge on any atom is -0.269 e. The summed E-state index contributed by atoms with van der Waals surface area (Å²) in [7, 11) is -4.16. The molecule has 0 aliphatic carbocycles. The zero-order valence-corrected chi connectivity index (χ0v) is 16.1. The smallest absolute Gasteiger partial charge is 0.269 e. The molecule has 0 saturated heterocycles. The Bertz CT molecular complexity index is 980. The van der Waals surface area contributed by atoms with Crippen molar-refractivity contribution < 1.29 is 17.4 Å². The Morgan fingerprint density at radius 1 is 1.04 bits per heavy atom. The zero-order chi connectivity index (χ0) is 19.8. The van der Waals surface area contributed by atoms with Gasteiger partial charge in [0.05, 0.1) is 0 Å². The zero-order valence-electron chi connectivity index (χ0n) is 15.3. The lowest BCUT2D eigenvalue weighted by Crippen LogP contribution is -2.47. The van der Waals surface area contributed by atoms with Crippen molar-refractivity contribution in [3.05, 3.63) is 77.1 Å². The fourth-order valence-electron chi connectivity index (χ4n) is 3.16. The third kappa shape index (κ3) is 3.73. The highest BCUT2D eigenvalue weighted by molar-refractivity contribution is 7.86. The standard InChI is InChI=1S/C19H21N3O4S/c1-13-11-14(2)17(15(3)12-13)27(24,25)26-19-21(9-10-22(19)20)18(23)16-7-5-4-6-8-16/h4-12,19H,20H2,1-3H3. The van der Waals surface area contributed by atoms with Crippen LogP contribution in [0.5, 0.6) is 0 Å². The van der Waals surface area contributed by atoms with Crippen LogP contribution in [0.4, 0.5) is 0 Å². The molecule has 0 aromatic heterocycles. The van der Waals surface area contributed by atoms with Crippen LogP contribution in [0.2, 0.25) is 0 Å². The maximum Gasteiger partial charge on any atom is 0.301 e. The highest BCUT2D eigenvalue weighted by atomic mass is 32.2. The summed E-state index contributed by atoms with van der Waals surface area (Å²) < 4.78 is 31.2. The molecule has 8 heteroatoms. The molecule has 2 aromatic carbocycles. The first-order valence-corrected chi connectivity index (χ1v) is 9.72. The summed E-state index contributed by atoms with van der Waals surface area (Å²) >= 11 is 0. The van der Waals surface area contributed by atoms with E-state index in [1.165, 1.54) is 12.4 Å². The van der Waals surface area contributed by atoms with E-state index >= 15 is 0 Å². The molecule has 27 heavy (non-hydrogen) atoms. The van der Waals surface area contributed by atoms with E-state index in [-0.39, 0.29) is 4.90 Å². The molecule has 0 bridgehead atoms. The SMILES string of the molecule is Cc1cc(C)c(S(=O)(=O)OC2N(N)C=CN2C(=O)c2ccccc2)c(C)c1. The van der Waals surface area contributed by atoms with Gasteiger partial charge in [-0.3, -0.25) is 14.7 Å². The van der Waals surface area contributed by atoms with E-state index in [9.17, 15) is 13.2 Å². The molecule has 1 aliphatic rings. The number of carbonyl (C=O) groups is 1. The normalized spacial score (nSPS) is 16.8. The predicted octanol–water partition coefficient (Wildman–Crippen LogP) is 2.40. The molecule has 0 radical (unpaired) electrons. The molecule has 3 rings (SSSR count). The van der Waals surface area contributed by atoms with Gasteiger partial charge in [0, 0.05) is 18.0 Å². The largest absolute Gasteiger partial charge is 0.301 e. The summed E-state index contributed by atoms with van der Waals surface area (Å²) in [5, 5.41) is 1.04. The van der Waals surface area contributed by atoms with Crippen LogP contribution in [-0.4, -0.2) is 30.6 Å². The third-order valence-electron chi connectivity index (χ3n) is 4.22. The quantitative estimate of drug-likeness (QED) is 0.640. The maximum absolute atomic E-state index is 12.9. The number of hydrogen-bond acceptors (Lipinski definition) is 6. The first-order valence-electron chi connectivity index (χ1n) is 8.31. The molecule has 1 amide bonds. The van der Waals surface area contributed by atoms with Crippen molar-refractivity contribution in [2.45, 2.75) is 32.0 Å². The summed E-state index contributed by atoms with van der Waals surface area (Å²) in [4.78, 5) is 13.9. The second-order valence-electron chi connectivity index (χ2n) is 6.43. The lowest BCUT2D eigenvalue weighted by Gasteiger charge is -2.28.